The van der Waals surface area contributed by atoms with E-state index in [2.05, 4.69) is 10.2 Å². The van der Waals surface area contributed by atoms with Crippen LogP contribution in [0.5, 0.6) is 5.75 Å². The van der Waals surface area contributed by atoms with Crippen LogP contribution < -0.4 is 15.8 Å². The molecule has 2 fully saturated rings. The number of nitrogens with one attached hydrogen (secondary N) is 1. The molecule has 0 aliphatic carbocycles. The molecule has 1 amide bonds. The van der Waals surface area contributed by atoms with Crippen molar-refractivity contribution in [2.75, 3.05) is 52.7 Å². The number of hydrogen-bond donors (Lipinski definition) is 2. The van der Waals surface area contributed by atoms with Gasteiger partial charge in [0, 0.05) is 39.4 Å². The van der Waals surface area contributed by atoms with E-state index in [1.54, 1.807) is 0 Å². The van der Waals surface area contributed by atoms with Crippen LogP contribution in [0.15, 0.2) is 24.3 Å². The Bertz CT molecular complexity index is 584. The predicted molar refractivity (Wildman–Crippen MR) is 98.0 cm³/mol. The van der Waals surface area contributed by atoms with E-state index in [0.717, 1.165) is 44.2 Å². The molecule has 2 heterocycles. The van der Waals surface area contributed by atoms with E-state index >= 15 is 0 Å². The molecule has 26 heavy (non-hydrogen) atoms. The number of ether oxygens (including phenoxy) is 3. The van der Waals surface area contributed by atoms with Crippen LogP contribution in [0.4, 0.5) is 0 Å². The zero-order valence-corrected chi connectivity index (χ0v) is 15.2. The van der Waals surface area contributed by atoms with Crippen molar-refractivity contribution in [1.82, 2.24) is 10.2 Å². The molecule has 0 unspecified atom stereocenters. The van der Waals surface area contributed by atoms with Crippen LogP contribution in [0.25, 0.3) is 0 Å². The number of benzene rings is 1. The first-order chi connectivity index (χ1) is 12.7. The standard InChI is InChI=1S/C19H29N3O4/c20-19(4-9-24-10-5-19)18(23)21-15-16-2-1-3-17(14-16)26-13-8-22-6-11-25-12-7-22/h1-3,14H,4-13,15,20H2,(H,21,23). The van der Waals surface area contributed by atoms with Gasteiger partial charge in [-0.05, 0) is 30.5 Å². The smallest absolute Gasteiger partial charge is 0.240 e. The Balaban J connectivity index is 1.43. The van der Waals surface area contributed by atoms with E-state index < -0.39 is 5.54 Å². The van der Waals surface area contributed by atoms with Crippen LogP contribution >= 0.6 is 0 Å². The minimum atomic E-state index is -0.815. The molecule has 3 N–H and O–H groups in total. The van der Waals surface area contributed by atoms with E-state index in [1.807, 2.05) is 24.3 Å². The molecule has 7 heteroatoms. The Morgan fingerprint density at radius 1 is 1.19 bits per heavy atom. The molecule has 3 rings (SSSR count). The Morgan fingerprint density at radius 3 is 2.69 bits per heavy atom. The third kappa shape index (κ3) is 5.41. The summed E-state index contributed by atoms with van der Waals surface area (Å²) in [5, 5.41) is 2.95. The van der Waals surface area contributed by atoms with E-state index in [9.17, 15) is 4.79 Å². The highest BCUT2D eigenvalue weighted by molar-refractivity contribution is 5.86. The molecule has 0 bridgehead atoms. The summed E-state index contributed by atoms with van der Waals surface area (Å²) in [5.41, 5.74) is 6.39. The molecule has 2 saturated heterocycles. The van der Waals surface area contributed by atoms with E-state index in [0.29, 0.717) is 39.2 Å². The molecule has 0 saturated carbocycles. The summed E-state index contributed by atoms with van der Waals surface area (Å²) in [4.78, 5) is 14.7. The van der Waals surface area contributed by atoms with Gasteiger partial charge >= 0.3 is 0 Å². The van der Waals surface area contributed by atoms with Crippen LogP contribution in [-0.2, 0) is 20.8 Å². The fourth-order valence-electron chi connectivity index (χ4n) is 3.18. The summed E-state index contributed by atoms with van der Waals surface area (Å²) in [7, 11) is 0. The first-order valence-corrected chi connectivity index (χ1v) is 9.32. The lowest BCUT2D eigenvalue weighted by atomic mass is 9.90. The topological polar surface area (TPSA) is 86.1 Å². The van der Waals surface area contributed by atoms with Gasteiger partial charge in [0.15, 0.2) is 0 Å². The van der Waals surface area contributed by atoms with Gasteiger partial charge in [-0.3, -0.25) is 9.69 Å². The second-order valence-corrected chi connectivity index (χ2v) is 6.90. The molecule has 144 valence electrons. The average Bonchev–Trinajstić information content (AvgIpc) is 2.68. The molecule has 2 aliphatic heterocycles. The summed E-state index contributed by atoms with van der Waals surface area (Å²) in [5.74, 6) is 0.706. The second kappa shape index (κ2) is 9.32. The third-order valence-corrected chi connectivity index (χ3v) is 4.97. The zero-order chi connectivity index (χ0) is 18.2. The molecule has 0 aromatic heterocycles. The Labute approximate surface area is 154 Å². The highest BCUT2D eigenvalue weighted by atomic mass is 16.5. The molecular weight excluding hydrogens is 334 g/mol. The summed E-state index contributed by atoms with van der Waals surface area (Å²) in [6.07, 6.45) is 1.12. The van der Waals surface area contributed by atoms with Gasteiger partial charge in [0.1, 0.15) is 12.4 Å². The van der Waals surface area contributed by atoms with Crippen molar-refractivity contribution in [2.45, 2.75) is 24.9 Å². The lowest BCUT2D eigenvalue weighted by molar-refractivity contribution is -0.129. The third-order valence-electron chi connectivity index (χ3n) is 4.97. The number of nitrogens with two attached hydrogens (primary N) is 1. The lowest BCUT2D eigenvalue weighted by Gasteiger charge is -2.31. The van der Waals surface area contributed by atoms with Gasteiger partial charge < -0.3 is 25.3 Å². The normalized spacial score (nSPS) is 20.5. The molecular formula is C19H29N3O4. The maximum Gasteiger partial charge on any atom is 0.240 e. The van der Waals surface area contributed by atoms with Gasteiger partial charge in [0.2, 0.25) is 5.91 Å². The quantitative estimate of drug-likeness (QED) is 0.735. The second-order valence-electron chi connectivity index (χ2n) is 6.90. The molecule has 1 aromatic carbocycles. The van der Waals surface area contributed by atoms with E-state index in [1.165, 1.54) is 0 Å². The number of rotatable bonds is 7. The largest absolute Gasteiger partial charge is 0.492 e. The summed E-state index contributed by atoms with van der Waals surface area (Å²) in [6.45, 7) is 6.56. The average molecular weight is 363 g/mol. The van der Waals surface area contributed by atoms with Crippen molar-refractivity contribution in [3.8, 4) is 5.75 Å². The molecule has 0 spiro atoms. The number of amides is 1. The molecule has 1 aromatic rings. The summed E-state index contributed by atoms with van der Waals surface area (Å²) in [6, 6.07) is 7.82. The molecule has 7 nitrogen and oxygen atoms in total. The first kappa shape index (κ1) is 19.1. The first-order valence-electron chi connectivity index (χ1n) is 9.32. The minimum absolute atomic E-state index is 0.112. The van der Waals surface area contributed by atoms with Crippen molar-refractivity contribution in [2.24, 2.45) is 5.73 Å². The van der Waals surface area contributed by atoms with Crippen molar-refractivity contribution >= 4 is 5.91 Å². The van der Waals surface area contributed by atoms with Crippen LogP contribution in [0.3, 0.4) is 0 Å². The zero-order valence-electron chi connectivity index (χ0n) is 15.2. The van der Waals surface area contributed by atoms with E-state index in [4.69, 9.17) is 19.9 Å². The Hall–Kier alpha value is -1.67. The van der Waals surface area contributed by atoms with Crippen molar-refractivity contribution in [3.05, 3.63) is 29.8 Å². The fourth-order valence-corrected chi connectivity index (χ4v) is 3.18. The van der Waals surface area contributed by atoms with Gasteiger partial charge in [-0.25, -0.2) is 0 Å². The molecule has 0 atom stereocenters. The Kier molecular flexibility index (Phi) is 6.85. The van der Waals surface area contributed by atoms with Crippen LogP contribution in [-0.4, -0.2) is 69.0 Å². The van der Waals surface area contributed by atoms with Crippen molar-refractivity contribution in [1.29, 1.82) is 0 Å². The monoisotopic (exact) mass is 363 g/mol. The van der Waals surface area contributed by atoms with Gasteiger partial charge in [0.25, 0.3) is 0 Å². The predicted octanol–water partition coefficient (Wildman–Crippen LogP) is 0.522. The summed E-state index contributed by atoms with van der Waals surface area (Å²) < 4.78 is 16.5. The van der Waals surface area contributed by atoms with Crippen LogP contribution in [0.1, 0.15) is 18.4 Å². The van der Waals surface area contributed by atoms with Gasteiger partial charge in [0.05, 0.1) is 18.8 Å². The van der Waals surface area contributed by atoms with E-state index in [-0.39, 0.29) is 5.91 Å². The summed E-state index contributed by atoms with van der Waals surface area (Å²) >= 11 is 0. The van der Waals surface area contributed by atoms with Crippen LogP contribution in [0.2, 0.25) is 0 Å². The lowest BCUT2D eigenvalue weighted by Crippen LogP contribution is -2.56. The fraction of sp³-hybridized carbons (Fsp3) is 0.632. The minimum Gasteiger partial charge on any atom is -0.492 e. The maximum absolute atomic E-state index is 12.4. The van der Waals surface area contributed by atoms with Crippen molar-refractivity contribution in [3.63, 3.8) is 0 Å². The SMILES string of the molecule is NC1(C(=O)NCc2cccc(OCCN3CCOCC3)c2)CCOCC1. The number of morpholine rings is 1. The Morgan fingerprint density at radius 2 is 1.92 bits per heavy atom. The van der Waals surface area contributed by atoms with Crippen LogP contribution in [0, 0.1) is 0 Å². The maximum atomic E-state index is 12.4. The van der Waals surface area contributed by atoms with Gasteiger partial charge in [-0.15, -0.1) is 0 Å². The molecule has 2 aliphatic rings. The number of carbonyl (C=O) groups excluding carboxylic acids is 1. The van der Waals surface area contributed by atoms with Gasteiger partial charge in [-0.2, -0.15) is 0 Å². The molecule has 0 radical (unpaired) electrons. The highest BCUT2D eigenvalue weighted by Crippen LogP contribution is 2.18. The van der Waals surface area contributed by atoms with Gasteiger partial charge in [-0.1, -0.05) is 12.1 Å². The number of hydrogen-bond acceptors (Lipinski definition) is 6. The highest BCUT2D eigenvalue weighted by Gasteiger charge is 2.35. The number of carbonyl (C=O) groups is 1. The number of nitrogens with zero attached hydrogens (tertiary/aromatic N) is 1. The van der Waals surface area contributed by atoms with Crippen molar-refractivity contribution < 1.29 is 19.0 Å².